The van der Waals surface area contributed by atoms with E-state index in [0.717, 1.165) is 12.0 Å². The van der Waals surface area contributed by atoms with Crippen LogP contribution in [0.15, 0.2) is 18.2 Å². The summed E-state index contributed by atoms with van der Waals surface area (Å²) in [5.74, 6) is -0.461. The summed E-state index contributed by atoms with van der Waals surface area (Å²) < 4.78 is 13.1. The van der Waals surface area contributed by atoms with E-state index in [1.165, 1.54) is 12.1 Å². The Morgan fingerprint density at radius 3 is 2.56 bits per heavy atom. The number of benzene rings is 1. The highest BCUT2D eigenvalue weighted by atomic mass is 19.1. The molecule has 0 fully saturated rings. The SMILES string of the molecule is Cc1ccc(F)cc1C(=O)CC(N)CC(C)(C)C. The average molecular weight is 251 g/mol. The van der Waals surface area contributed by atoms with Gasteiger partial charge < -0.3 is 5.73 Å². The van der Waals surface area contributed by atoms with Crippen LogP contribution in [0, 0.1) is 18.2 Å². The molecule has 0 heterocycles. The van der Waals surface area contributed by atoms with Crippen LogP contribution in [0.1, 0.15) is 49.5 Å². The van der Waals surface area contributed by atoms with Crippen LogP contribution in [0.4, 0.5) is 4.39 Å². The third-order valence-corrected chi connectivity index (χ3v) is 2.82. The molecule has 0 saturated carbocycles. The van der Waals surface area contributed by atoms with Crippen LogP contribution in [0.3, 0.4) is 0 Å². The molecule has 2 nitrogen and oxygen atoms in total. The quantitative estimate of drug-likeness (QED) is 0.833. The van der Waals surface area contributed by atoms with Gasteiger partial charge in [0.05, 0.1) is 0 Å². The van der Waals surface area contributed by atoms with E-state index in [-0.39, 0.29) is 29.5 Å². The maximum atomic E-state index is 13.1. The molecule has 0 radical (unpaired) electrons. The molecular formula is C15H22FNO. The molecular weight excluding hydrogens is 229 g/mol. The molecule has 1 atom stereocenters. The van der Waals surface area contributed by atoms with Crippen LogP contribution in [-0.4, -0.2) is 11.8 Å². The highest BCUT2D eigenvalue weighted by Gasteiger charge is 2.19. The zero-order valence-electron chi connectivity index (χ0n) is 11.6. The minimum Gasteiger partial charge on any atom is -0.327 e. The molecule has 18 heavy (non-hydrogen) atoms. The second kappa shape index (κ2) is 5.61. The van der Waals surface area contributed by atoms with Gasteiger partial charge in [-0.25, -0.2) is 4.39 Å². The van der Waals surface area contributed by atoms with E-state index in [1.807, 2.05) is 6.92 Å². The normalized spacial score (nSPS) is 13.4. The van der Waals surface area contributed by atoms with Crippen LogP contribution in [0.5, 0.6) is 0 Å². The second-order valence-corrected chi connectivity index (χ2v) is 6.11. The lowest BCUT2D eigenvalue weighted by Crippen LogP contribution is -2.29. The van der Waals surface area contributed by atoms with Gasteiger partial charge in [-0.1, -0.05) is 26.8 Å². The first kappa shape index (κ1) is 14.8. The first-order valence-corrected chi connectivity index (χ1v) is 6.24. The van der Waals surface area contributed by atoms with Gasteiger partial charge in [0.2, 0.25) is 0 Å². The number of carbonyl (C=O) groups is 1. The Balaban J connectivity index is 2.74. The molecule has 0 amide bonds. The fourth-order valence-electron chi connectivity index (χ4n) is 2.10. The molecule has 0 aliphatic heterocycles. The minimum atomic E-state index is -0.381. The van der Waals surface area contributed by atoms with E-state index >= 15 is 0 Å². The first-order valence-electron chi connectivity index (χ1n) is 6.24. The number of nitrogens with two attached hydrogens (primary N) is 1. The predicted molar refractivity (Wildman–Crippen MR) is 72.1 cm³/mol. The highest BCUT2D eigenvalue weighted by Crippen LogP contribution is 2.22. The summed E-state index contributed by atoms with van der Waals surface area (Å²) in [5, 5.41) is 0. The average Bonchev–Trinajstić information content (AvgIpc) is 2.18. The van der Waals surface area contributed by atoms with Crippen molar-refractivity contribution < 1.29 is 9.18 Å². The number of Topliss-reactive ketones (excluding diaryl/α,β-unsaturated/α-hetero) is 1. The van der Waals surface area contributed by atoms with Gasteiger partial charge >= 0.3 is 0 Å². The number of ketones is 1. The van der Waals surface area contributed by atoms with Gasteiger partial charge in [-0.05, 0) is 36.5 Å². The van der Waals surface area contributed by atoms with Crippen molar-refractivity contribution in [1.29, 1.82) is 0 Å². The minimum absolute atomic E-state index is 0.0799. The van der Waals surface area contributed by atoms with Crippen molar-refractivity contribution >= 4 is 5.78 Å². The van der Waals surface area contributed by atoms with Crippen molar-refractivity contribution in [2.45, 2.75) is 46.6 Å². The molecule has 3 heteroatoms. The third-order valence-electron chi connectivity index (χ3n) is 2.82. The Morgan fingerprint density at radius 2 is 2.00 bits per heavy atom. The molecule has 1 unspecified atom stereocenters. The van der Waals surface area contributed by atoms with Gasteiger partial charge in [-0.3, -0.25) is 4.79 Å². The molecule has 0 saturated heterocycles. The number of aryl methyl sites for hydroxylation is 1. The van der Waals surface area contributed by atoms with Crippen molar-refractivity contribution in [3.05, 3.63) is 35.1 Å². The zero-order valence-corrected chi connectivity index (χ0v) is 11.6. The van der Waals surface area contributed by atoms with Crippen molar-refractivity contribution in [1.82, 2.24) is 0 Å². The van der Waals surface area contributed by atoms with Crippen LogP contribution in [0.2, 0.25) is 0 Å². The maximum Gasteiger partial charge on any atom is 0.164 e. The van der Waals surface area contributed by atoms with Gasteiger partial charge in [0.15, 0.2) is 5.78 Å². The molecule has 100 valence electrons. The van der Waals surface area contributed by atoms with Crippen LogP contribution in [-0.2, 0) is 0 Å². The van der Waals surface area contributed by atoms with Gasteiger partial charge in [0, 0.05) is 18.0 Å². The second-order valence-electron chi connectivity index (χ2n) is 6.11. The van der Waals surface area contributed by atoms with Gasteiger partial charge in [0.25, 0.3) is 0 Å². The maximum absolute atomic E-state index is 13.1. The van der Waals surface area contributed by atoms with E-state index < -0.39 is 0 Å². The van der Waals surface area contributed by atoms with E-state index in [2.05, 4.69) is 20.8 Å². The smallest absolute Gasteiger partial charge is 0.164 e. The summed E-state index contributed by atoms with van der Waals surface area (Å²) in [7, 11) is 0. The zero-order chi connectivity index (χ0) is 13.9. The summed E-state index contributed by atoms with van der Waals surface area (Å²) >= 11 is 0. The fraction of sp³-hybridized carbons (Fsp3) is 0.533. The van der Waals surface area contributed by atoms with Gasteiger partial charge in [0.1, 0.15) is 5.82 Å². The van der Waals surface area contributed by atoms with Crippen LogP contribution < -0.4 is 5.73 Å². The Kier molecular flexibility index (Phi) is 4.63. The first-order chi connectivity index (χ1) is 8.19. The molecule has 1 rings (SSSR count). The molecule has 1 aromatic carbocycles. The van der Waals surface area contributed by atoms with Crippen molar-refractivity contribution in [2.75, 3.05) is 0 Å². The lowest BCUT2D eigenvalue weighted by molar-refractivity contribution is 0.0967. The topological polar surface area (TPSA) is 43.1 Å². The molecule has 0 aliphatic carbocycles. The van der Waals surface area contributed by atoms with Crippen molar-refractivity contribution in [3.63, 3.8) is 0 Å². The molecule has 1 aromatic rings. The molecule has 2 N–H and O–H groups in total. The molecule has 0 bridgehead atoms. The van der Waals surface area contributed by atoms with Gasteiger partial charge in [-0.2, -0.15) is 0 Å². The summed E-state index contributed by atoms with van der Waals surface area (Å²) in [5.41, 5.74) is 7.31. The van der Waals surface area contributed by atoms with E-state index in [9.17, 15) is 9.18 Å². The van der Waals surface area contributed by atoms with Crippen molar-refractivity contribution in [3.8, 4) is 0 Å². The molecule has 0 aromatic heterocycles. The lowest BCUT2D eigenvalue weighted by atomic mass is 9.86. The van der Waals surface area contributed by atoms with Crippen LogP contribution >= 0.6 is 0 Å². The summed E-state index contributed by atoms with van der Waals surface area (Å²) in [6.45, 7) is 8.07. The largest absolute Gasteiger partial charge is 0.327 e. The fourth-order valence-corrected chi connectivity index (χ4v) is 2.10. The van der Waals surface area contributed by atoms with E-state index in [1.54, 1.807) is 6.07 Å². The predicted octanol–water partition coefficient (Wildman–Crippen LogP) is 3.47. The van der Waals surface area contributed by atoms with Gasteiger partial charge in [-0.15, -0.1) is 0 Å². The number of halogens is 1. The number of hydrogen-bond donors (Lipinski definition) is 1. The van der Waals surface area contributed by atoms with Crippen LogP contribution in [0.25, 0.3) is 0 Å². The number of carbonyl (C=O) groups excluding carboxylic acids is 1. The number of hydrogen-bond acceptors (Lipinski definition) is 2. The monoisotopic (exact) mass is 251 g/mol. The Labute approximate surface area is 108 Å². The molecule has 0 spiro atoms. The Bertz CT molecular complexity index is 435. The van der Waals surface area contributed by atoms with E-state index in [4.69, 9.17) is 5.73 Å². The number of rotatable bonds is 4. The van der Waals surface area contributed by atoms with E-state index in [0.29, 0.717) is 5.56 Å². The molecule has 0 aliphatic rings. The summed E-state index contributed by atoms with van der Waals surface area (Å²) in [6.07, 6.45) is 1.04. The highest BCUT2D eigenvalue weighted by molar-refractivity contribution is 5.97. The third kappa shape index (κ3) is 4.57. The summed E-state index contributed by atoms with van der Waals surface area (Å²) in [6, 6.07) is 4.10. The standard InChI is InChI=1S/C15H22FNO/c1-10-5-6-11(16)7-13(10)14(18)8-12(17)9-15(2,3)4/h5-7,12H,8-9,17H2,1-4H3. The Morgan fingerprint density at radius 1 is 1.39 bits per heavy atom. The Hall–Kier alpha value is -1.22. The van der Waals surface area contributed by atoms with Crippen molar-refractivity contribution in [2.24, 2.45) is 11.1 Å². The lowest BCUT2D eigenvalue weighted by Gasteiger charge is -2.22. The summed E-state index contributed by atoms with van der Waals surface area (Å²) in [4.78, 5) is 12.1.